The first kappa shape index (κ1) is 16.0. The van der Waals surface area contributed by atoms with Crippen molar-refractivity contribution in [2.45, 2.75) is 13.0 Å². The Morgan fingerprint density at radius 3 is 2.75 bits per heavy atom. The summed E-state index contributed by atoms with van der Waals surface area (Å²) in [6, 6.07) is 13.4. The Labute approximate surface area is 143 Å². The lowest BCUT2D eigenvalue weighted by molar-refractivity contribution is -0.117. The van der Waals surface area contributed by atoms with Gasteiger partial charge >= 0.3 is 0 Å². The van der Waals surface area contributed by atoms with Gasteiger partial charge in [0, 0.05) is 16.1 Å². The first-order valence-corrected chi connectivity index (χ1v) is 7.73. The molecule has 0 aliphatic rings. The number of benzene rings is 2. The molecule has 0 aliphatic heterocycles. The predicted molar refractivity (Wildman–Crippen MR) is 93.1 cm³/mol. The minimum Gasteiger partial charge on any atom is -0.339 e. The van der Waals surface area contributed by atoms with Crippen molar-refractivity contribution < 1.29 is 9.59 Å². The minimum absolute atomic E-state index is 0.257. The summed E-state index contributed by atoms with van der Waals surface area (Å²) < 4.78 is 0. The van der Waals surface area contributed by atoms with Gasteiger partial charge in [-0.2, -0.15) is 5.10 Å². The van der Waals surface area contributed by atoms with E-state index in [1.807, 2.05) is 18.2 Å². The number of hydrogen-bond acceptors (Lipinski definition) is 3. The number of carbonyl (C=O) groups is 2. The number of rotatable bonds is 4. The third-order valence-corrected chi connectivity index (χ3v) is 3.75. The molecule has 0 bridgehead atoms. The monoisotopic (exact) mass is 342 g/mol. The summed E-state index contributed by atoms with van der Waals surface area (Å²) in [4.78, 5) is 24.5. The first-order valence-electron chi connectivity index (χ1n) is 7.35. The lowest BCUT2D eigenvalue weighted by atomic mass is 10.2. The molecule has 0 radical (unpaired) electrons. The van der Waals surface area contributed by atoms with Gasteiger partial charge in [0.25, 0.3) is 5.91 Å². The zero-order valence-electron chi connectivity index (χ0n) is 12.8. The highest BCUT2D eigenvalue weighted by atomic mass is 35.5. The Bertz CT molecular complexity index is 906. The van der Waals surface area contributed by atoms with Crippen molar-refractivity contribution >= 4 is 40.0 Å². The Balaban J connectivity index is 1.68. The van der Waals surface area contributed by atoms with Crippen molar-refractivity contribution in [1.82, 2.24) is 15.5 Å². The Kier molecular flexibility index (Phi) is 4.48. The van der Waals surface area contributed by atoms with Gasteiger partial charge in [0.05, 0.1) is 5.52 Å². The Hall–Kier alpha value is -2.86. The molecule has 122 valence electrons. The van der Waals surface area contributed by atoms with Crippen LogP contribution in [0.4, 0.5) is 5.69 Å². The molecule has 0 saturated heterocycles. The smallest absolute Gasteiger partial charge is 0.273 e. The molecule has 2 amide bonds. The molecule has 0 saturated carbocycles. The van der Waals surface area contributed by atoms with Gasteiger partial charge in [-0.3, -0.25) is 14.7 Å². The van der Waals surface area contributed by atoms with Crippen LogP contribution in [0.25, 0.3) is 10.9 Å². The van der Waals surface area contributed by atoms with E-state index in [-0.39, 0.29) is 11.6 Å². The molecular weight excluding hydrogens is 328 g/mol. The SMILES string of the molecule is CC(NC(=O)c1n[nH]c2ccccc12)C(=O)Nc1cccc(Cl)c1. The number of hydrogen-bond donors (Lipinski definition) is 3. The first-order chi connectivity index (χ1) is 11.5. The van der Waals surface area contributed by atoms with Gasteiger partial charge in [-0.15, -0.1) is 0 Å². The highest BCUT2D eigenvalue weighted by Crippen LogP contribution is 2.16. The minimum atomic E-state index is -0.730. The maximum absolute atomic E-state index is 12.3. The summed E-state index contributed by atoms with van der Waals surface area (Å²) in [5.41, 5.74) is 1.59. The second-order valence-corrected chi connectivity index (χ2v) is 5.75. The molecule has 3 rings (SSSR count). The van der Waals surface area contributed by atoms with Gasteiger partial charge in [-0.05, 0) is 31.2 Å². The van der Waals surface area contributed by atoms with E-state index in [2.05, 4.69) is 20.8 Å². The summed E-state index contributed by atoms with van der Waals surface area (Å²) in [5.74, 6) is -0.758. The van der Waals surface area contributed by atoms with Crippen molar-refractivity contribution in [2.75, 3.05) is 5.32 Å². The molecule has 3 aromatic rings. The molecule has 2 aromatic carbocycles. The maximum Gasteiger partial charge on any atom is 0.273 e. The van der Waals surface area contributed by atoms with Crippen LogP contribution in [-0.2, 0) is 4.79 Å². The fourth-order valence-electron chi connectivity index (χ4n) is 2.28. The normalized spacial score (nSPS) is 11.9. The highest BCUT2D eigenvalue weighted by molar-refractivity contribution is 6.30. The number of anilines is 1. The fourth-order valence-corrected chi connectivity index (χ4v) is 2.47. The van der Waals surface area contributed by atoms with E-state index < -0.39 is 11.9 Å². The predicted octanol–water partition coefficient (Wildman–Crippen LogP) is 2.97. The zero-order valence-corrected chi connectivity index (χ0v) is 13.6. The van der Waals surface area contributed by atoms with Crippen LogP contribution in [0.5, 0.6) is 0 Å². The van der Waals surface area contributed by atoms with E-state index in [4.69, 9.17) is 11.6 Å². The number of halogens is 1. The van der Waals surface area contributed by atoms with Crippen LogP contribution in [0.1, 0.15) is 17.4 Å². The van der Waals surface area contributed by atoms with Gasteiger partial charge in [-0.1, -0.05) is 35.9 Å². The largest absolute Gasteiger partial charge is 0.339 e. The fraction of sp³-hybridized carbons (Fsp3) is 0.118. The van der Waals surface area contributed by atoms with Crippen molar-refractivity contribution in [3.63, 3.8) is 0 Å². The van der Waals surface area contributed by atoms with Crippen LogP contribution in [-0.4, -0.2) is 28.1 Å². The van der Waals surface area contributed by atoms with Crippen molar-refractivity contribution in [1.29, 1.82) is 0 Å². The third kappa shape index (κ3) is 3.38. The molecule has 1 atom stereocenters. The lowest BCUT2D eigenvalue weighted by Crippen LogP contribution is -2.41. The van der Waals surface area contributed by atoms with E-state index in [1.54, 1.807) is 37.3 Å². The lowest BCUT2D eigenvalue weighted by Gasteiger charge is -2.13. The van der Waals surface area contributed by atoms with E-state index in [0.717, 1.165) is 5.52 Å². The highest BCUT2D eigenvalue weighted by Gasteiger charge is 2.20. The second-order valence-electron chi connectivity index (χ2n) is 5.31. The van der Waals surface area contributed by atoms with Crippen LogP contribution in [0.3, 0.4) is 0 Å². The molecule has 0 aliphatic carbocycles. The second kappa shape index (κ2) is 6.72. The van der Waals surface area contributed by atoms with Crippen LogP contribution < -0.4 is 10.6 Å². The van der Waals surface area contributed by atoms with Crippen LogP contribution in [0, 0.1) is 0 Å². The number of fused-ring (bicyclic) bond motifs is 1. The summed E-state index contributed by atoms with van der Waals surface area (Å²) >= 11 is 5.88. The van der Waals surface area contributed by atoms with Crippen LogP contribution in [0.2, 0.25) is 5.02 Å². The average molecular weight is 343 g/mol. The molecule has 3 N–H and O–H groups in total. The summed E-state index contributed by atoms with van der Waals surface area (Å²) in [6.45, 7) is 1.60. The topological polar surface area (TPSA) is 86.9 Å². The zero-order chi connectivity index (χ0) is 17.1. The number of nitrogens with zero attached hydrogens (tertiary/aromatic N) is 1. The van der Waals surface area contributed by atoms with E-state index in [1.165, 1.54) is 0 Å². The van der Waals surface area contributed by atoms with E-state index >= 15 is 0 Å². The molecule has 7 heteroatoms. The molecule has 0 fully saturated rings. The number of para-hydroxylation sites is 1. The summed E-state index contributed by atoms with van der Waals surface area (Å²) in [7, 11) is 0. The molecular formula is C17H15ClN4O2. The van der Waals surface area contributed by atoms with Gasteiger partial charge in [0.2, 0.25) is 5.91 Å². The average Bonchev–Trinajstić information content (AvgIpc) is 2.99. The summed E-state index contributed by atoms with van der Waals surface area (Å²) in [6.07, 6.45) is 0. The molecule has 0 spiro atoms. The van der Waals surface area contributed by atoms with Crippen LogP contribution in [0.15, 0.2) is 48.5 Å². The number of aromatic nitrogens is 2. The number of aromatic amines is 1. The van der Waals surface area contributed by atoms with Gasteiger partial charge in [0.1, 0.15) is 6.04 Å². The van der Waals surface area contributed by atoms with E-state index in [0.29, 0.717) is 16.1 Å². The van der Waals surface area contributed by atoms with Crippen molar-refractivity contribution in [3.05, 3.63) is 59.2 Å². The van der Waals surface area contributed by atoms with Crippen LogP contribution >= 0.6 is 11.6 Å². The van der Waals surface area contributed by atoms with Crippen molar-refractivity contribution in [2.24, 2.45) is 0 Å². The standard InChI is InChI=1S/C17H15ClN4O2/c1-10(16(23)20-12-6-4-5-11(18)9-12)19-17(24)15-13-7-2-3-8-14(13)21-22-15/h2-10H,1H3,(H,19,24)(H,20,23)(H,21,22). The molecule has 24 heavy (non-hydrogen) atoms. The van der Waals surface area contributed by atoms with Gasteiger partial charge < -0.3 is 10.6 Å². The number of H-pyrrole nitrogens is 1. The number of amides is 2. The molecule has 6 nitrogen and oxygen atoms in total. The third-order valence-electron chi connectivity index (χ3n) is 3.52. The Morgan fingerprint density at radius 2 is 1.96 bits per heavy atom. The van der Waals surface area contributed by atoms with Crippen molar-refractivity contribution in [3.8, 4) is 0 Å². The summed E-state index contributed by atoms with van der Waals surface area (Å²) in [5, 5.41) is 13.4. The molecule has 1 aromatic heterocycles. The number of nitrogens with one attached hydrogen (secondary N) is 3. The number of carbonyl (C=O) groups excluding carboxylic acids is 2. The Morgan fingerprint density at radius 1 is 1.17 bits per heavy atom. The molecule has 1 unspecified atom stereocenters. The molecule has 1 heterocycles. The van der Waals surface area contributed by atoms with Gasteiger partial charge in [0.15, 0.2) is 5.69 Å². The van der Waals surface area contributed by atoms with Gasteiger partial charge in [-0.25, -0.2) is 0 Å². The quantitative estimate of drug-likeness (QED) is 0.681. The van der Waals surface area contributed by atoms with E-state index in [9.17, 15) is 9.59 Å². The maximum atomic E-state index is 12.3.